The summed E-state index contributed by atoms with van der Waals surface area (Å²) < 4.78 is 0. The molecule has 0 aliphatic heterocycles. The van der Waals surface area contributed by atoms with E-state index in [9.17, 15) is 0 Å². The first-order valence-corrected chi connectivity index (χ1v) is 2.12. The second-order valence-electron chi connectivity index (χ2n) is 0.866. The van der Waals surface area contributed by atoms with Crippen molar-refractivity contribution in [3.8, 4) is 0 Å². The van der Waals surface area contributed by atoms with Gasteiger partial charge in [-0.25, -0.2) is 0 Å². The van der Waals surface area contributed by atoms with Gasteiger partial charge in [0.1, 0.15) is 0 Å². The summed E-state index contributed by atoms with van der Waals surface area (Å²) in [4.78, 5) is 0. The van der Waals surface area contributed by atoms with Crippen molar-refractivity contribution in [2.24, 2.45) is 0 Å². The second kappa shape index (κ2) is 30.1. The zero-order chi connectivity index (χ0) is 10.7. The Kier molecular flexibility index (Phi) is 72.5. The fraction of sp³-hybridized carbons (Fsp3) is 0. The maximum atomic E-state index is 8.42. The van der Waals surface area contributed by atoms with Crippen LogP contribution < -0.4 is 45.2 Å². The van der Waals surface area contributed by atoms with Gasteiger partial charge in [0.15, 0.2) is 0 Å². The van der Waals surface area contributed by atoms with Gasteiger partial charge < -0.3 is 45.2 Å². The van der Waals surface area contributed by atoms with E-state index in [1.165, 1.54) is 0 Å². The van der Waals surface area contributed by atoms with E-state index in [1.807, 2.05) is 0 Å². The smallest absolute Gasteiger partial charge is 0.907 e. The summed E-state index contributed by atoms with van der Waals surface area (Å²) >= 11 is 0. The maximum absolute atomic E-state index is 8.42. The van der Waals surface area contributed by atoms with Crippen molar-refractivity contribution in [1.82, 2.24) is 0 Å². The maximum Gasteiger partial charge on any atom is 3.00 e. The number of hydrogen-bond acceptors (Lipinski definition) is 9. The van der Waals surface area contributed by atoms with Crippen LogP contribution in [0.25, 0.3) is 0 Å². The van der Waals surface area contributed by atoms with Gasteiger partial charge in [-0.2, -0.15) is 0 Å². The van der Waals surface area contributed by atoms with Gasteiger partial charge >= 0.3 is 90.9 Å². The molecule has 0 aliphatic carbocycles. The normalized spacial score (nSPS) is 5.40. The van der Waals surface area contributed by atoms with E-state index in [0.29, 0.717) is 0 Å². The van der Waals surface area contributed by atoms with E-state index in [2.05, 4.69) is 0 Å². The van der Waals surface area contributed by atoms with E-state index in [0.717, 1.165) is 0 Å². The van der Waals surface area contributed by atoms with Crippen LogP contribution in [0.2, 0.25) is 0 Å². The Morgan fingerprint density at radius 2 is 0.467 bits per heavy atom. The van der Waals surface area contributed by atoms with Crippen LogP contribution in [0.4, 0.5) is 0 Å². The third-order valence-electron chi connectivity index (χ3n) is 0. The van der Waals surface area contributed by atoms with Gasteiger partial charge in [0.25, 0.3) is 0 Å². The first kappa shape index (κ1) is 36.1. The molecule has 0 bridgehead atoms. The molecule has 0 saturated carbocycles. The van der Waals surface area contributed by atoms with E-state index in [1.54, 1.807) is 0 Å². The van der Waals surface area contributed by atoms with Gasteiger partial charge in [-0.15, -0.1) is 0 Å². The van der Waals surface area contributed by atoms with Crippen molar-refractivity contribution in [1.29, 1.82) is 0 Å². The molecule has 73 valence electrons. The van der Waals surface area contributed by atoms with E-state index >= 15 is 0 Å². The zero-order valence-corrected chi connectivity index (χ0v) is 14.3. The van der Waals surface area contributed by atoms with E-state index in [4.69, 9.17) is 45.2 Å². The molecule has 15 heavy (non-hydrogen) atoms. The van der Waals surface area contributed by atoms with Crippen LogP contribution in [0.5, 0.6) is 0 Å². The van der Waals surface area contributed by atoms with Crippen molar-refractivity contribution in [3.05, 3.63) is 0 Å². The van der Waals surface area contributed by atoms with Crippen molar-refractivity contribution >= 4 is 39.3 Å². The molecule has 0 aromatic carbocycles. The Morgan fingerprint density at radius 3 is 0.467 bits per heavy atom. The van der Waals surface area contributed by atoms with Gasteiger partial charge in [-0.1, -0.05) is 0 Å². The summed E-state index contributed by atoms with van der Waals surface area (Å²) in [6, 6.07) is 0. The van der Waals surface area contributed by atoms with Crippen LogP contribution in [0.15, 0.2) is 0 Å². The Hall–Kier alpha value is 2.82. The Bertz CT molecular complexity index is 53.8. The molecule has 0 atom stereocenters. The first-order chi connectivity index (χ1) is 5.20. The molecule has 15 heteroatoms. The Morgan fingerprint density at radius 1 is 0.467 bits per heavy atom. The van der Waals surface area contributed by atoms with E-state index < -0.39 is 22.0 Å². The van der Waals surface area contributed by atoms with Crippen molar-refractivity contribution in [3.63, 3.8) is 0 Å². The summed E-state index contributed by atoms with van der Waals surface area (Å²) in [5.74, 6) is 0. The van der Waals surface area contributed by atoms with Crippen LogP contribution in [0.1, 0.15) is 0 Å². The van der Waals surface area contributed by atoms with Gasteiger partial charge in [0.2, 0.25) is 0 Å². The van der Waals surface area contributed by atoms with Crippen molar-refractivity contribution in [2.75, 3.05) is 0 Å². The summed E-state index contributed by atoms with van der Waals surface area (Å²) in [5, 5.41) is 75.8. The molecule has 0 N–H and O–H groups in total. The minimum Gasteiger partial charge on any atom is -0.907 e. The van der Waals surface area contributed by atoms with Crippen LogP contribution in [0.3, 0.4) is 0 Å². The van der Waals surface area contributed by atoms with Gasteiger partial charge in [0, 0.05) is 0 Å². The Labute approximate surface area is 156 Å². The Balaban J connectivity index is -0.0000000184. The van der Waals surface area contributed by atoms with Crippen molar-refractivity contribution in [2.45, 2.75) is 0 Å². The molecule has 0 saturated heterocycles. The monoisotopic (exact) mass is 435 g/mol. The molecular weight excluding hydrogens is 437 g/mol. The van der Waals surface area contributed by atoms with Crippen LogP contribution in [-0.4, -0.2) is 39.3 Å². The molecule has 0 amide bonds. The van der Waals surface area contributed by atoms with Gasteiger partial charge in [0.05, 0.1) is 0 Å². The van der Waals surface area contributed by atoms with Gasteiger partial charge in [-0.3, -0.25) is 22.0 Å². The molecular formula is AlB3NdO9Y. The van der Waals surface area contributed by atoms with E-state index in [-0.39, 0.29) is 90.9 Å². The predicted molar refractivity (Wildman–Crippen MR) is 23.0 cm³/mol. The summed E-state index contributed by atoms with van der Waals surface area (Å²) in [6.07, 6.45) is 0. The summed E-state index contributed by atoms with van der Waals surface area (Å²) in [6.45, 7) is 0. The summed E-state index contributed by atoms with van der Waals surface area (Å²) in [7, 11) is -8.75. The predicted octanol–water partition coefficient (Wildman–Crippen LogP) is -12.2. The average molecular weight is 437 g/mol. The molecule has 0 aromatic rings. The van der Waals surface area contributed by atoms with Crippen LogP contribution in [0, 0.1) is 40.8 Å². The minimum absolute atomic E-state index is 0. The SMILES string of the molecule is [Al+3].[Nd+3].[O-]B([O-])[O-].[O-]B([O-])[O-].[O-]B([O-])[O-].[Y+3]. The van der Waals surface area contributed by atoms with Crippen LogP contribution >= 0.6 is 0 Å². The standard InChI is InChI=1S/Al.3BO3.Nd.Y/c;3*2-1(3)4;;/q+3;3*-3;2*+3. The molecule has 0 aromatic heterocycles. The molecule has 0 heterocycles. The number of rotatable bonds is 0. The fourth-order valence-corrected chi connectivity index (χ4v) is 0. The quantitative estimate of drug-likeness (QED) is 0.330. The zero-order valence-electron chi connectivity index (χ0n) is 7.06. The summed E-state index contributed by atoms with van der Waals surface area (Å²) in [5.41, 5.74) is 0. The minimum atomic E-state index is -2.92. The second-order valence-corrected chi connectivity index (χ2v) is 0.866. The molecule has 0 aliphatic rings. The molecule has 9 nitrogen and oxygen atoms in total. The van der Waals surface area contributed by atoms with Crippen molar-refractivity contribution < 1.29 is 119 Å². The topological polar surface area (TPSA) is 208 Å². The van der Waals surface area contributed by atoms with Gasteiger partial charge in [-0.05, 0) is 0 Å². The molecule has 1 radical (unpaired) electrons. The fourth-order valence-electron chi connectivity index (χ4n) is 0. The van der Waals surface area contributed by atoms with Crippen LogP contribution in [-0.2, 0) is 32.7 Å². The average Bonchev–Trinajstić information content (AvgIpc) is 1.54. The molecule has 0 rings (SSSR count). The molecule has 0 spiro atoms. The molecule has 0 fully saturated rings. The first-order valence-electron chi connectivity index (χ1n) is 2.12. The largest absolute Gasteiger partial charge is 3.00 e. The third kappa shape index (κ3) is 464. The molecule has 0 unspecified atom stereocenters. The third-order valence-corrected chi connectivity index (χ3v) is 0. The number of hydrogen-bond donors (Lipinski definition) is 0.